The molecule has 0 aromatic heterocycles. The molecule has 216 valence electrons. The van der Waals surface area contributed by atoms with Crippen LogP contribution in [-0.4, -0.2) is 21.2 Å². The minimum Gasteiger partial charge on any atom is -0.496 e. The van der Waals surface area contributed by atoms with Gasteiger partial charge in [-0.05, 0) is 121 Å². The van der Waals surface area contributed by atoms with Crippen LogP contribution in [0.4, 0.5) is 5.69 Å². The van der Waals surface area contributed by atoms with Crippen LogP contribution in [0, 0.1) is 12.3 Å². The number of anilines is 1. The van der Waals surface area contributed by atoms with Crippen molar-refractivity contribution in [1.82, 2.24) is 0 Å². The Balaban J connectivity index is 1.47. The van der Waals surface area contributed by atoms with Crippen molar-refractivity contribution >= 4 is 28.6 Å². The second-order valence-electron chi connectivity index (χ2n) is 12.5. The third-order valence-electron chi connectivity index (χ3n) is 10.3. The van der Waals surface area contributed by atoms with Gasteiger partial charge in [-0.2, -0.15) is 0 Å². The normalized spacial score (nSPS) is 17.6. The molecule has 0 aliphatic heterocycles. The van der Waals surface area contributed by atoms with Crippen LogP contribution in [0.3, 0.4) is 0 Å². The van der Waals surface area contributed by atoms with E-state index in [1.807, 2.05) is 0 Å². The van der Waals surface area contributed by atoms with Crippen molar-refractivity contribution in [3.05, 3.63) is 94.6 Å². The van der Waals surface area contributed by atoms with Crippen LogP contribution in [0.25, 0.3) is 11.1 Å². The predicted molar refractivity (Wildman–Crippen MR) is 178 cm³/mol. The number of hydrogen-bond donors (Lipinski definition) is 0. The minimum absolute atomic E-state index is 0.131. The summed E-state index contributed by atoms with van der Waals surface area (Å²) in [5.41, 5.74) is 11.7. The van der Waals surface area contributed by atoms with Crippen molar-refractivity contribution in [3.8, 4) is 5.75 Å². The highest BCUT2D eigenvalue weighted by Crippen LogP contribution is 2.59. The van der Waals surface area contributed by atoms with Crippen LogP contribution in [0.15, 0.2) is 82.1 Å². The van der Waals surface area contributed by atoms with Gasteiger partial charge in [0.25, 0.3) is 0 Å². The zero-order valence-electron chi connectivity index (χ0n) is 26.4. The van der Waals surface area contributed by atoms with Crippen LogP contribution in [0.5, 0.6) is 5.75 Å². The van der Waals surface area contributed by atoms with Gasteiger partial charge in [0, 0.05) is 30.1 Å². The molecule has 2 aliphatic rings. The Bertz CT molecular complexity index is 1480. The van der Waals surface area contributed by atoms with Crippen molar-refractivity contribution in [1.29, 1.82) is 0 Å². The summed E-state index contributed by atoms with van der Waals surface area (Å²) < 4.78 is 5.94. The number of hydrogen-bond acceptors (Lipinski definition) is 3. The molecule has 3 aromatic carbocycles. The zero-order valence-corrected chi connectivity index (χ0v) is 27.2. The quantitative estimate of drug-likeness (QED) is 0.269. The second kappa shape index (κ2) is 11.8. The fourth-order valence-corrected chi connectivity index (χ4v) is 8.24. The van der Waals surface area contributed by atoms with Gasteiger partial charge in [-0.1, -0.05) is 74.9 Å². The lowest BCUT2D eigenvalue weighted by atomic mass is 9.58. The molecule has 2 aliphatic carbocycles. The summed E-state index contributed by atoms with van der Waals surface area (Å²) in [5.74, 6) is 0.930. The van der Waals surface area contributed by atoms with E-state index >= 15 is 0 Å². The molecular formula is C38H47NOS. The summed E-state index contributed by atoms with van der Waals surface area (Å²) in [7, 11) is 5.95. The molecule has 2 nitrogen and oxygen atoms in total. The summed E-state index contributed by atoms with van der Waals surface area (Å²) >= 11 is 1.78. The topological polar surface area (TPSA) is 12.5 Å². The lowest BCUT2D eigenvalue weighted by Gasteiger charge is -2.46. The van der Waals surface area contributed by atoms with E-state index in [1.165, 1.54) is 82.5 Å². The monoisotopic (exact) mass is 565 g/mol. The summed E-state index contributed by atoms with van der Waals surface area (Å²) in [6.07, 6.45) is 10.2. The van der Waals surface area contributed by atoms with E-state index in [2.05, 4.69) is 120 Å². The first kappa shape index (κ1) is 29.6. The number of ether oxygens (including phenoxy) is 1. The number of aryl methyl sites for hydroxylation is 1. The van der Waals surface area contributed by atoms with Gasteiger partial charge in [0.2, 0.25) is 0 Å². The molecule has 0 bridgehead atoms. The van der Waals surface area contributed by atoms with E-state index < -0.39 is 0 Å². The van der Waals surface area contributed by atoms with Crippen molar-refractivity contribution in [2.45, 2.75) is 88.3 Å². The first-order valence-electron chi connectivity index (χ1n) is 15.3. The molecule has 0 heterocycles. The molecule has 1 spiro atoms. The van der Waals surface area contributed by atoms with Crippen LogP contribution < -0.4 is 9.64 Å². The maximum atomic E-state index is 5.94. The molecule has 1 fully saturated rings. The minimum atomic E-state index is 0.131. The van der Waals surface area contributed by atoms with Gasteiger partial charge in [-0.3, -0.25) is 0 Å². The van der Waals surface area contributed by atoms with E-state index in [4.69, 9.17) is 4.74 Å². The van der Waals surface area contributed by atoms with Crippen LogP contribution >= 0.6 is 11.8 Å². The van der Waals surface area contributed by atoms with Gasteiger partial charge in [0.15, 0.2) is 0 Å². The van der Waals surface area contributed by atoms with Gasteiger partial charge in [-0.25, -0.2) is 0 Å². The zero-order chi connectivity index (χ0) is 29.4. The van der Waals surface area contributed by atoms with Crippen molar-refractivity contribution in [2.24, 2.45) is 5.41 Å². The highest BCUT2D eigenvalue weighted by atomic mass is 32.2. The third-order valence-corrected chi connectivity index (χ3v) is 11.5. The summed E-state index contributed by atoms with van der Waals surface area (Å²) in [6, 6.07) is 22.6. The number of nitrogens with zero attached hydrogens (tertiary/aromatic N) is 1. The maximum Gasteiger partial charge on any atom is 0.133 e. The van der Waals surface area contributed by atoms with Gasteiger partial charge < -0.3 is 9.64 Å². The largest absolute Gasteiger partial charge is 0.496 e. The molecule has 0 unspecified atom stereocenters. The molecule has 0 radical (unpaired) electrons. The summed E-state index contributed by atoms with van der Waals surface area (Å²) in [5, 5.41) is 0. The third kappa shape index (κ3) is 5.39. The van der Waals surface area contributed by atoms with Gasteiger partial charge in [0.05, 0.1) is 12.0 Å². The Morgan fingerprint density at radius 1 is 0.902 bits per heavy atom. The predicted octanol–water partition coefficient (Wildman–Crippen LogP) is 10.7. The standard InChI is InChI=1S/C38H47NOS/c1-9-37(10-2)19-21-38(22-20-37)32-14-12-11-13-31(32)28(5)33(38)24-26(3)29-15-17-36(34(25-29)40-8)41-35-18-16-30(39(6)7)23-27(35)4/h11-18,23-25H,9-10,19-22H2,1-8H3/b26-24-. The Kier molecular flexibility index (Phi) is 8.48. The van der Waals surface area contributed by atoms with Crippen LogP contribution in [-0.2, 0) is 5.41 Å². The van der Waals surface area contributed by atoms with Crippen LogP contribution in [0.2, 0.25) is 0 Å². The first-order chi connectivity index (χ1) is 19.7. The van der Waals surface area contributed by atoms with Gasteiger partial charge in [-0.15, -0.1) is 0 Å². The lowest BCUT2D eigenvalue weighted by molar-refractivity contribution is 0.133. The molecule has 1 saturated carbocycles. The molecular weight excluding hydrogens is 518 g/mol. The average Bonchev–Trinajstić information content (AvgIpc) is 3.21. The van der Waals surface area contributed by atoms with Crippen LogP contribution in [0.1, 0.15) is 88.5 Å². The Hall–Kier alpha value is -2.91. The van der Waals surface area contributed by atoms with Gasteiger partial charge in [0.1, 0.15) is 5.75 Å². The van der Waals surface area contributed by atoms with Crippen molar-refractivity contribution in [2.75, 3.05) is 26.1 Å². The number of benzene rings is 3. The molecule has 0 atom stereocenters. The molecule has 0 saturated heterocycles. The highest BCUT2D eigenvalue weighted by Gasteiger charge is 2.48. The van der Waals surface area contributed by atoms with Crippen molar-refractivity contribution < 1.29 is 4.74 Å². The SMILES string of the molecule is CCC1(CC)CCC2(CC1)C(/C=C(/C)c1ccc(Sc3ccc(N(C)C)cc3C)c(OC)c1)=C(C)c1ccccc12. The lowest BCUT2D eigenvalue weighted by Crippen LogP contribution is -2.37. The van der Waals surface area contributed by atoms with E-state index in [0.717, 1.165) is 10.6 Å². The number of rotatable bonds is 8. The fourth-order valence-electron chi connectivity index (χ4n) is 7.27. The maximum absolute atomic E-state index is 5.94. The highest BCUT2D eigenvalue weighted by molar-refractivity contribution is 7.99. The Morgan fingerprint density at radius 2 is 1.59 bits per heavy atom. The van der Waals surface area contributed by atoms with E-state index in [0.29, 0.717) is 5.41 Å². The summed E-state index contributed by atoms with van der Waals surface area (Å²) in [4.78, 5) is 4.55. The molecule has 3 heteroatoms. The molecule has 0 N–H and O–H groups in total. The number of fused-ring (bicyclic) bond motifs is 2. The summed E-state index contributed by atoms with van der Waals surface area (Å²) in [6.45, 7) is 11.6. The Labute approximate surface area is 252 Å². The number of allylic oxidation sites excluding steroid dienone is 4. The first-order valence-corrected chi connectivity index (χ1v) is 16.1. The number of methoxy groups -OCH3 is 1. The van der Waals surface area contributed by atoms with E-state index in [1.54, 1.807) is 24.4 Å². The fraction of sp³-hybridized carbons (Fsp3) is 0.421. The van der Waals surface area contributed by atoms with E-state index in [9.17, 15) is 0 Å². The van der Waals surface area contributed by atoms with Crippen molar-refractivity contribution in [3.63, 3.8) is 0 Å². The molecule has 0 amide bonds. The smallest absolute Gasteiger partial charge is 0.133 e. The molecule has 3 aromatic rings. The van der Waals surface area contributed by atoms with Gasteiger partial charge >= 0.3 is 0 Å². The average molecular weight is 566 g/mol. The van der Waals surface area contributed by atoms with E-state index in [-0.39, 0.29) is 5.41 Å². The Morgan fingerprint density at radius 3 is 2.22 bits per heavy atom. The molecule has 41 heavy (non-hydrogen) atoms. The second-order valence-corrected chi connectivity index (χ2v) is 13.6. The molecule has 5 rings (SSSR count).